The summed E-state index contributed by atoms with van der Waals surface area (Å²) in [5.41, 5.74) is 2.30. The van der Waals surface area contributed by atoms with E-state index in [2.05, 4.69) is 5.32 Å². The number of carbonyl (C=O) groups excluding carboxylic acids is 1. The van der Waals surface area contributed by atoms with E-state index in [9.17, 15) is 4.79 Å². The van der Waals surface area contributed by atoms with Crippen LogP contribution in [0.1, 0.15) is 10.4 Å². The van der Waals surface area contributed by atoms with Gasteiger partial charge in [-0.05, 0) is 24.3 Å². The van der Waals surface area contributed by atoms with Gasteiger partial charge in [0.1, 0.15) is 5.75 Å². The van der Waals surface area contributed by atoms with Crippen molar-refractivity contribution < 1.29 is 9.53 Å². The van der Waals surface area contributed by atoms with Gasteiger partial charge in [0, 0.05) is 30.4 Å². The van der Waals surface area contributed by atoms with Crippen LogP contribution >= 0.6 is 0 Å². The lowest BCUT2D eigenvalue weighted by Crippen LogP contribution is -2.13. The first-order valence-electron chi connectivity index (χ1n) is 6.68. The second kappa shape index (κ2) is 5.32. The third-order valence-corrected chi connectivity index (χ3v) is 3.47. The lowest BCUT2D eigenvalue weighted by molar-refractivity contribution is 0.102. The van der Waals surface area contributed by atoms with Gasteiger partial charge in [-0.3, -0.25) is 4.79 Å². The summed E-state index contributed by atoms with van der Waals surface area (Å²) in [6.07, 6.45) is 1.95. The van der Waals surface area contributed by atoms with Gasteiger partial charge in [-0.1, -0.05) is 18.2 Å². The minimum absolute atomic E-state index is 0.129. The highest BCUT2D eigenvalue weighted by Crippen LogP contribution is 2.22. The third kappa shape index (κ3) is 2.48. The maximum Gasteiger partial charge on any atom is 0.257 e. The average Bonchev–Trinajstić information content (AvgIpc) is 2.89. The van der Waals surface area contributed by atoms with Crippen LogP contribution < -0.4 is 10.1 Å². The van der Waals surface area contributed by atoms with Gasteiger partial charge in [0.05, 0.1) is 18.2 Å². The van der Waals surface area contributed by atoms with Crippen LogP contribution in [0.15, 0.2) is 54.7 Å². The van der Waals surface area contributed by atoms with Gasteiger partial charge in [-0.25, -0.2) is 0 Å². The zero-order valence-corrected chi connectivity index (χ0v) is 12.0. The molecule has 0 radical (unpaired) electrons. The molecule has 1 heterocycles. The Balaban J connectivity index is 1.95. The normalized spacial score (nSPS) is 10.6. The van der Waals surface area contributed by atoms with E-state index in [0.29, 0.717) is 17.0 Å². The highest BCUT2D eigenvalue weighted by atomic mass is 16.5. The van der Waals surface area contributed by atoms with Gasteiger partial charge >= 0.3 is 0 Å². The summed E-state index contributed by atoms with van der Waals surface area (Å²) in [7, 11) is 3.54. The monoisotopic (exact) mass is 280 g/mol. The number of benzene rings is 2. The molecule has 0 aliphatic carbocycles. The predicted molar refractivity (Wildman–Crippen MR) is 83.9 cm³/mol. The average molecular weight is 280 g/mol. The standard InChI is InChI=1S/C17H16N2O2/c1-19-10-9-12-5-3-8-15(16(12)19)17(20)18-13-6-4-7-14(11-13)21-2/h3-11H,1-2H3,(H,18,20). The molecule has 106 valence electrons. The van der Waals surface area contributed by atoms with E-state index in [-0.39, 0.29) is 5.91 Å². The van der Waals surface area contributed by atoms with Crippen LogP contribution in [0.4, 0.5) is 5.69 Å². The Morgan fingerprint density at radius 1 is 1.14 bits per heavy atom. The molecule has 0 aliphatic heterocycles. The van der Waals surface area contributed by atoms with Crippen molar-refractivity contribution in [1.82, 2.24) is 4.57 Å². The number of aromatic nitrogens is 1. The lowest BCUT2D eigenvalue weighted by Gasteiger charge is -2.09. The molecule has 1 amide bonds. The minimum atomic E-state index is -0.129. The van der Waals surface area contributed by atoms with Crippen LogP contribution in [0.5, 0.6) is 5.75 Å². The molecule has 0 fully saturated rings. The molecule has 0 unspecified atom stereocenters. The highest BCUT2D eigenvalue weighted by molar-refractivity contribution is 6.12. The first kappa shape index (κ1) is 13.2. The SMILES string of the molecule is COc1cccc(NC(=O)c2cccc3ccn(C)c23)c1. The first-order chi connectivity index (χ1) is 10.2. The molecular formula is C17H16N2O2. The minimum Gasteiger partial charge on any atom is -0.497 e. The van der Waals surface area contributed by atoms with Gasteiger partial charge in [-0.2, -0.15) is 0 Å². The second-order valence-electron chi connectivity index (χ2n) is 4.86. The van der Waals surface area contributed by atoms with Crippen LogP contribution in [0.25, 0.3) is 10.9 Å². The van der Waals surface area contributed by atoms with E-state index < -0.39 is 0 Å². The number of rotatable bonds is 3. The first-order valence-corrected chi connectivity index (χ1v) is 6.68. The zero-order valence-electron chi connectivity index (χ0n) is 12.0. The third-order valence-electron chi connectivity index (χ3n) is 3.47. The Bertz CT molecular complexity index is 805. The number of aryl methyl sites for hydroxylation is 1. The molecule has 4 nitrogen and oxygen atoms in total. The van der Waals surface area contributed by atoms with Crippen molar-refractivity contribution >= 4 is 22.5 Å². The van der Waals surface area contributed by atoms with E-state index >= 15 is 0 Å². The molecule has 1 aromatic heterocycles. The molecule has 0 saturated carbocycles. The van der Waals surface area contributed by atoms with Crippen LogP contribution in [0, 0.1) is 0 Å². The number of methoxy groups -OCH3 is 1. The number of hydrogen-bond acceptors (Lipinski definition) is 2. The molecule has 0 spiro atoms. The quantitative estimate of drug-likeness (QED) is 0.798. The van der Waals surface area contributed by atoms with Gasteiger partial charge in [0.2, 0.25) is 0 Å². The number of ether oxygens (including phenoxy) is 1. The Kier molecular flexibility index (Phi) is 3.36. The zero-order chi connectivity index (χ0) is 14.8. The smallest absolute Gasteiger partial charge is 0.257 e. The largest absolute Gasteiger partial charge is 0.497 e. The summed E-state index contributed by atoms with van der Waals surface area (Å²) >= 11 is 0. The Labute approximate surface area is 123 Å². The van der Waals surface area contributed by atoms with Gasteiger partial charge in [0.15, 0.2) is 0 Å². The second-order valence-corrected chi connectivity index (χ2v) is 4.86. The molecule has 21 heavy (non-hydrogen) atoms. The fourth-order valence-electron chi connectivity index (χ4n) is 2.44. The van der Waals surface area contributed by atoms with Crippen LogP contribution in [0.3, 0.4) is 0 Å². The summed E-state index contributed by atoms with van der Waals surface area (Å²) in [6, 6.07) is 15.0. The molecule has 0 atom stereocenters. The summed E-state index contributed by atoms with van der Waals surface area (Å²) in [5, 5.41) is 3.96. The summed E-state index contributed by atoms with van der Waals surface area (Å²) in [6.45, 7) is 0. The molecule has 3 rings (SSSR count). The van der Waals surface area contributed by atoms with E-state index in [4.69, 9.17) is 4.74 Å². The molecule has 0 aliphatic rings. The number of anilines is 1. The fraction of sp³-hybridized carbons (Fsp3) is 0.118. The van der Waals surface area contributed by atoms with Crippen LogP contribution in [0.2, 0.25) is 0 Å². The van der Waals surface area contributed by atoms with E-state index in [1.807, 2.05) is 60.3 Å². The van der Waals surface area contributed by atoms with E-state index in [1.54, 1.807) is 13.2 Å². The van der Waals surface area contributed by atoms with Crippen molar-refractivity contribution in [3.63, 3.8) is 0 Å². The number of para-hydroxylation sites is 1. The molecule has 1 N–H and O–H groups in total. The lowest BCUT2D eigenvalue weighted by atomic mass is 10.1. The summed E-state index contributed by atoms with van der Waals surface area (Å²) < 4.78 is 7.12. The number of amides is 1. The van der Waals surface area contributed by atoms with Crippen molar-refractivity contribution in [1.29, 1.82) is 0 Å². The van der Waals surface area contributed by atoms with Gasteiger partial charge in [0.25, 0.3) is 5.91 Å². The van der Waals surface area contributed by atoms with Crippen molar-refractivity contribution in [3.8, 4) is 5.75 Å². The Morgan fingerprint density at radius 2 is 1.95 bits per heavy atom. The molecule has 0 saturated heterocycles. The molecule has 3 aromatic rings. The van der Waals surface area contributed by atoms with Crippen LogP contribution in [-0.2, 0) is 7.05 Å². The molecular weight excluding hydrogens is 264 g/mol. The number of carbonyl (C=O) groups is 1. The molecule has 0 bridgehead atoms. The van der Waals surface area contributed by atoms with Crippen molar-refractivity contribution in [2.24, 2.45) is 7.05 Å². The van der Waals surface area contributed by atoms with E-state index in [1.165, 1.54) is 0 Å². The summed E-state index contributed by atoms with van der Waals surface area (Å²) in [5.74, 6) is 0.584. The maximum absolute atomic E-state index is 12.5. The van der Waals surface area contributed by atoms with Gasteiger partial charge < -0.3 is 14.6 Å². The van der Waals surface area contributed by atoms with Crippen molar-refractivity contribution in [2.75, 3.05) is 12.4 Å². The maximum atomic E-state index is 12.5. The van der Waals surface area contributed by atoms with Crippen molar-refractivity contribution in [2.45, 2.75) is 0 Å². The molecule has 2 aromatic carbocycles. The van der Waals surface area contributed by atoms with E-state index in [0.717, 1.165) is 10.9 Å². The van der Waals surface area contributed by atoms with Gasteiger partial charge in [-0.15, -0.1) is 0 Å². The number of nitrogens with one attached hydrogen (secondary N) is 1. The Hall–Kier alpha value is -2.75. The number of fused-ring (bicyclic) bond motifs is 1. The highest BCUT2D eigenvalue weighted by Gasteiger charge is 2.12. The topological polar surface area (TPSA) is 43.3 Å². The number of nitrogens with zero attached hydrogens (tertiary/aromatic N) is 1. The number of hydrogen-bond donors (Lipinski definition) is 1. The Morgan fingerprint density at radius 3 is 2.76 bits per heavy atom. The van der Waals surface area contributed by atoms with Crippen LogP contribution in [-0.4, -0.2) is 17.6 Å². The fourth-order valence-corrected chi connectivity index (χ4v) is 2.44. The predicted octanol–water partition coefficient (Wildman–Crippen LogP) is 3.44. The summed E-state index contributed by atoms with van der Waals surface area (Å²) in [4.78, 5) is 12.5. The molecule has 4 heteroatoms. The van der Waals surface area contributed by atoms with Crippen molar-refractivity contribution in [3.05, 3.63) is 60.3 Å².